The third-order valence-corrected chi connectivity index (χ3v) is 8.31. The van der Waals surface area contributed by atoms with Gasteiger partial charge in [-0.05, 0) is 30.3 Å². The van der Waals surface area contributed by atoms with Crippen molar-refractivity contribution in [3.63, 3.8) is 0 Å². The third kappa shape index (κ3) is 5.77. The van der Waals surface area contributed by atoms with Gasteiger partial charge in [-0.2, -0.15) is 9.57 Å². The summed E-state index contributed by atoms with van der Waals surface area (Å²) < 4.78 is 52.9. The van der Waals surface area contributed by atoms with Crippen LogP contribution in [0.3, 0.4) is 0 Å². The van der Waals surface area contributed by atoms with E-state index in [2.05, 4.69) is 4.90 Å². The fourth-order valence-electron chi connectivity index (χ4n) is 4.08. The number of rotatable bonds is 7. The van der Waals surface area contributed by atoms with Gasteiger partial charge in [-0.3, -0.25) is 4.90 Å². The molecule has 2 aromatic carbocycles. The molecule has 2 heterocycles. The Bertz CT molecular complexity index is 1180. The number of nitriles is 1. The van der Waals surface area contributed by atoms with E-state index in [9.17, 15) is 12.8 Å². The van der Waals surface area contributed by atoms with Gasteiger partial charge in [0, 0.05) is 49.2 Å². The molecule has 2 fully saturated rings. The van der Waals surface area contributed by atoms with Crippen LogP contribution in [0.4, 0.5) is 4.39 Å². The minimum Gasteiger partial charge on any atom is -0.493 e. The second-order valence-electron chi connectivity index (χ2n) is 8.28. The number of ether oxygens (including phenoxy) is 2. The van der Waals surface area contributed by atoms with E-state index in [4.69, 9.17) is 37.9 Å². The van der Waals surface area contributed by atoms with Crippen molar-refractivity contribution in [2.45, 2.75) is 4.90 Å². The monoisotopic (exact) mass is 549 g/mol. The fourth-order valence-corrected chi connectivity index (χ4v) is 6.49. The summed E-state index contributed by atoms with van der Waals surface area (Å²) in [6, 6.07) is 10.1. The lowest BCUT2D eigenvalue weighted by molar-refractivity contribution is -0.0404. The largest absolute Gasteiger partial charge is 0.493 e. The number of halogens is 4. The molecule has 0 saturated carbocycles. The lowest BCUT2D eigenvalue weighted by atomic mass is 9.81. The van der Waals surface area contributed by atoms with Gasteiger partial charge in [-0.1, -0.05) is 23.2 Å². The molecule has 2 aliphatic heterocycles. The first-order valence-corrected chi connectivity index (χ1v) is 12.5. The summed E-state index contributed by atoms with van der Waals surface area (Å²) >= 11 is 12.1. The van der Waals surface area contributed by atoms with Gasteiger partial charge < -0.3 is 9.47 Å². The molecule has 7 nitrogen and oxygen atoms in total. The second-order valence-corrected chi connectivity index (χ2v) is 11.0. The van der Waals surface area contributed by atoms with E-state index in [0.717, 1.165) is 13.1 Å². The van der Waals surface area contributed by atoms with E-state index < -0.39 is 21.3 Å². The van der Waals surface area contributed by atoms with Gasteiger partial charge in [-0.15, -0.1) is 12.4 Å². The van der Waals surface area contributed by atoms with Crippen molar-refractivity contribution in [2.24, 2.45) is 5.41 Å². The van der Waals surface area contributed by atoms with Crippen molar-refractivity contribution in [1.82, 2.24) is 9.21 Å². The molecule has 0 radical (unpaired) electrons. The van der Waals surface area contributed by atoms with Crippen LogP contribution in [0.15, 0.2) is 41.3 Å². The topological polar surface area (TPSA) is 82.9 Å². The first-order chi connectivity index (χ1) is 15.7. The van der Waals surface area contributed by atoms with E-state index in [1.165, 1.54) is 40.7 Å². The van der Waals surface area contributed by atoms with Crippen LogP contribution in [-0.4, -0.2) is 70.2 Å². The SMILES string of the molecule is Cl.N#Cc1ccc(OCC2(CN3CCOCC3)CN(S(=O)(=O)c3ccc(Cl)cc3Cl)C2)cc1F. The van der Waals surface area contributed by atoms with Crippen LogP contribution in [0.1, 0.15) is 5.56 Å². The molecule has 0 N–H and O–H groups in total. The van der Waals surface area contributed by atoms with E-state index in [-0.39, 0.29) is 53.3 Å². The number of nitrogens with zero attached hydrogens (tertiary/aromatic N) is 3. The number of benzene rings is 2. The Morgan fingerprint density at radius 1 is 1.15 bits per heavy atom. The Hall–Kier alpha value is -1.64. The normalized spacial score (nSPS) is 18.4. The van der Waals surface area contributed by atoms with Crippen molar-refractivity contribution >= 4 is 45.6 Å². The molecule has 184 valence electrons. The van der Waals surface area contributed by atoms with Gasteiger partial charge >= 0.3 is 0 Å². The molecule has 0 unspecified atom stereocenters. The number of sulfonamides is 1. The van der Waals surface area contributed by atoms with Crippen molar-refractivity contribution in [3.05, 3.63) is 57.8 Å². The Morgan fingerprint density at radius 2 is 1.85 bits per heavy atom. The lowest BCUT2D eigenvalue weighted by Gasteiger charge is -2.51. The summed E-state index contributed by atoms with van der Waals surface area (Å²) in [7, 11) is -3.81. The Morgan fingerprint density at radius 3 is 2.47 bits per heavy atom. The number of hydrogen-bond donors (Lipinski definition) is 0. The molecule has 12 heteroatoms. The minimum absolute atomic E-state index is 0. The highest BCUT2D eigenvalue weighted by atomic mass is 35.5. The summed E-state index contributed by atoms with van der Waals surface area (Å²) in [5, 5.41) is 9.33. The van der Waals surface area contributed by atoms with Crippen LogP contribution in [0.25, 0.3) is 0 Å². The van der Waals surface area contributed by atoms with E-state index >= 15 is 0 Å². The third-order valence-electron chi connectivity index (χ3n) is 5.80. The van der Waals surface area contributed by atoms with Crippen molar-refractivity contribution in [3.8, 4) is 11.8 Å². The van der Waals surface area contributed by atoms with Gasteiger partial charge in [0.15, 0.2) is 0 Å². The van der Waals surface area contributed by atoms with Crippen LogP contribution in [0.5, 0.6) is 5.75 Å². The Labute approximate surface area is 214 Å². The smallest absolute Gasteiger partial charge is 0.244 e. The average Bonchev–Trinajstić information content (AvgIpc) is 2.75. The first kappa shape index (κ1) is 27.0. The second kappa shape index (κ2) is 11.0. The zero-order valence-electron chi connectivity index (χ0n) is 18.0. The summed E-state index contributed by atoms with van der Waals surface area (Å²) in [6.07, 6.45) is 0. The highest BCUT2D eigenvalue weighted by molar-refractivity contribution is 7.89. The summed E-state index contributed by atoms with van der Waals surface area (Å²) in [4.78, 5) is 2.22. The molecule has 34 heavy (non-hydrogen) atoms. The molecule has 0 atom stereocenters. The Kier molecular flexibility index (Phi) is 8.69. The fraction of sp³-hybridized carbons (Fsp3) is 0.409. The van der Waals surface area contributed by atoms with Gasteiger partial charge in [0.2, 0.25) is 10.0 Å². The summed E-state index contributed by atoms with van der Waals surface area (Å²) in [6.45, 7) is 3.95. The molecule has 0 spiro atoms. The molecule has 2 aromatic rings. The first-order valence-electron chi connectivity index (χ1n) is 10.3. The summed E-state index contributed by atoms with van der Waals surface area (Å²) in [5.41, 5.74) is -0.556. The maximum atomic E-state index is 14.0. The van der Waals surface area contributed by atoms with Crippen molar-refractivity contribution in [1.29, 1.82) is 5.26 Å². The van der Waals surface area contributed by atoms with Crippen LogP contribution in [0, 0.1) is 22.6 Å². The van der Waals surface area contributed by atoms with Crippen LogP contribution in [-0.2, 0) is 14.8 Å². The highest BCUT2D eigenvalue weighted by Crippen LogP contribution is 2.38. The van der Waals surface area contributed by atoms with Gasteiger partial charge in [0.25, 0.3) is 0 Å². The quantitative estimate of drug-likeness (QED) is 0.521. The molecule has 0 amide bonds. The molecule has 2 aliphatic rings. The molecule has 4 rings (SSSR count). The van der Waals surface area contributed by atoms with Crippen LogP contribution >= 0.6 is 35.6 Å². The molecular formula is C22H23Cl3FN3O4S. The predicted octanol–water partition coefficient (Wildman–Crippen LogP) is 3.83. The number of hydrogen-bond acceptors (Lipinski definition) is 6. The zero-order valence-corrected chi connectivity index (χ0v) is 21.2. The van der Waals surface area contributed by atoms with Gasteiger partial charge in [-0.25, -0.2) is 12.8 Å². The standard InChI is InChI=1S/C22H22Cl2FN3O4S.ClH/c23-17-2-4-21(19(24)9-17)33(29,30)28-13-22(14-28,12-27-5-7-31-8-6-27)15-32-18-3-1-16(11-26)20(25)10-18;/h1-4,9-10H,5-8,12-15H2;1H. The lowest BCUT2D eigenvalue weighted by Crippen LogP contribution is -2.65. The van der Waals surface area contributed by atoms with Gasteiger partial charge in [0.05, 0.1) is 30.4 Å². The zero-order chi connectivity index (χ0) is 23.6. The molecule has 0 bridgehead atoms. The molecule has 2 saturated heterocycles. The number of morpholine rings is 1. The molecule has 0 aliphatic carbocycles. The minimum atomic E-state index is -3.81. The van der Waals surface area contributed by atoms with Crippen molar-refractivity contribution in [2.75, 3.05) is 52.5 Å². The van der Waals surface area contributed by atoms with E-state index in [1.54, 1.807) is 6.07 Å². The molecule has 0 aromatic heterocycles. The predicted molar refractivity (Wildman–Crippen MR) is 129 cm³/mol. The van der Waals surface area contributed by atoms with Crippen LogP contribution in [0.2, 0.25) is 10.0 Å². The maximum absolute atomic E-state index is 14.0. The van der Waals surface area contributed by atoms with Crippen LogP contribution < -0.4 is 4.74 Å². The average molecular weight is 551 g/mol. The molecular weight excluding hydrogens is 528 g/mol. The van der Waals surface area contributed by atoms with E-state index in [0.29, 0.717) is 24.8 Å². The van der Waals surface area contributed by atoms with Crippen molar-refractivity contribution < 1.29 is 22.3 Å². The maximum Gasteiger partial charge on any atom is 0.244 e. The summed E-state index contributed by atoms with van der Waals surface area (Å²) in [5.74, 6) is -0.373. The van der Waals surface area contributed by atoms with Gasteiger partial charge in [0.1, 0.15) is 22.5 Å². The highest BCUT2D eigenvalue weighted by Gasteiger charge is 2.50. The van der Waals surface area contributed by atoms with E-state index in [1.807, 2.05) is 0 Å². The Balaban J connectivity index is 0.00000324.